The Bertz CT molecular complexity index is 515. The molecule has 1 amide bonds. The lowest BCUT2D eigenvalue weighted by atomic mass is 10.1. The largest absolute Gasteiger partial charge is 0.481 e. The summed E-state index contributed by atoms with van der Waals surface area (Å²) in [6.45, 7) is 0.0374. The average molecular weight is 269 g/mol. The van der Waals surface area contributed by atoms with Crippen molar-refractivity contribution in [3.63, 3.8) is 0 Å². The number of halogens is 2. The van der Waals surface area contributed by atoms with E-state index in [-0.39, 0.29) is 24.6 Å². The smallest absolute Gasteiger partial charge is 0.305 e. The summed E-state index contributed by atoms with van der Waals surface area (Å²) in [5, 5.41) is 8.65. The number of hydrogen-bond donors (Lipinski definition) is 1. The molecule has 0 heterocycles. The molecule has 4 nitrogen and oxygen atoms in total. The van der Waals surface area contributed by atoms with Crippen LogP contribution in [-0.2, 0) is 4.79 Å². The van der Waals surface area contributed by atoms with E-state index in [0.717, 1.165) is 25.0 Å². The molecule has 0 atom stereocenters. The molecule has 1 fully saturated rings. The van der Waals surface area contributed by atoms with Gasteiger partial charge in [0.1, 0.15) is 11.6 Å². The van der Waals surface area contributed by atoms with Crippen molar-refractivity contribution in [3.05, 3.63) is 35.4 Å². The third kappa shape index (κ3) is 3.27. The molecule has 0 aliphatic heterocycles. The Morgan fingerprint density at radius 1 is 1.32 bits per heavy atom. The number of carboxylic acids is 1. The minimum absolute atomic E-state index is 0.0312. The first kappa shape index (κ1) is 13.5. The fourth-order valence-corrected chi connectivity index (χ4v) is 1.87. The van der Waals surface area contributed by atoms with Crippen molar-refractivity contribution in [1.29, 1.82) is 0 Å². The lowest BCUT2D eigenvalue weighted by Gasteiger charge is -2.21. The summed E-state index contributed by atoms with van der Waals surface area (Å²) in [5.74, 6) is -3.28. The van der Waals surface area contributed by atoms with Crippen LogP contribution in [0.5, 0.6) is 0 Å². The van der Waals surface area contributed by atoms with E-state index in [2.05, 4.69) is 0 Å². The molecule has 1 aromatic rings. The zero-order valence-corrected chi connectivity index (χ0v) is 10.1. The maximum Gasteiger partial charge on any atom is 0.305 e. The standard InChI is InChI=1S/C13H13F2NO3/c14-8-1-4-10(11(15)7-8)13(19)16(9-2-3-9)6-5-12(17)18/h1,4,7,9H,2-3,5-6H2,(H,17,18). The van der Waals surface area contributed by atoms with Crippen molar-refractivity contribution in [2.45, 2.75) is 25.3 Å². The molecular weight excluding hydrogens is 256 g/mol. The third-order valence-corrected chi connectivity index (χ3v) is 2.98. The Balaban J connectivity index is 2.16. The second-order valence-electron chi connectivity index (χ2n) is 4.50. The maximum absolute atomic E-state index is 13.5. The van der Waals surface area contributed by atoms with Crippen molar-refractivity contribution in [2.75, 3.05) is 6.54 Å². The van der Waals surface area contributed by atoms with Crippen LogP contribution in [0.25, 0.3) is 0 Å². The molecule has 0 bridgehead atoms. The Kier molecular flexibility index (Phi) is 3.78. The molecule has 0 unspecified atom stereocenters. The quantitative estimate of drug-likeness (QED) is 0.890. The fraction of sp³-hybridized carbons (Fsp3) is 0.385. The Hall–Kier alpha value is -1.98. The molecule has 1 N–H and O–H groups in total. The highest BCUT2D eigenvalue weighted by atomic mass is 19.1. The number of carbonyl (C=O) groups excluding carboxylic acids is 1. The molecule has 19 heavy (non-hydrogen) atoms. The summed E-state index contributed by atoms with van der Waals surface area (Å²) in [5.41, 5.74) is -0.223. The number of hydrogen-bond acceptors (Lipinski definition) is 2. The van der Waals surface area contributed by atoms with Gasteiger partial charge in [0.05, 0.1) is 12.0 Å². The Labute approximate surface area is 108 Å². The predicted molar refractivity (Wildman–Crippen MR) is 62.7 cm³/mol. The maximum atomic E-state index is 13.5. The summed E-state index contributed by atoms with van der Waals surface area (Å²) in [4.78, 5) is 24.0. The van der Waals surface area contributed by atoms with Gasteiger partial charge in [-0.3, -0.25) is 9.59 Å². The van der Waals surface area contributed by atoms with Crippen LogP contribution in [0.3, 0.4) is 0 Å². The highest BCUT2D eigenvalue weighted by molar-refractivity contribution is 5.95. The van der Waals surface area contributed by atoms with Crippen molar-refractivity contribution in [1.82, 2.24) is 4.90 Å². The van der Waals surface area contributed by atoms with Crippen molar-refractivity contribution in [3.8, 4) is 0 Å². The number of benzene rings is 1. The van der Waals surface area contributed by atoms with Gasteiger partial charge in [-0.25, -0.2) is 8.78 Å². The predicted octanol–water partition coefficient (Wildman–Crippen LogP) is 2.04. The molecule has 0 radical (unpaired) electrons. The van der Waals surface area contributed by atoms with Gasteiger partial charge < -0.3 is 10.0 Å². The minimum Gasteiger partial charge on any atom is -0.481 e. The van der Waals surface area contributed by atoms with E-state index < -0.39 is 23.5 Å². The molecule has 2 rings (SSSR count). The van der Waals surface area contributed by atoms with Crippen LogP contribution in [0.2, 0.25) is 0 Å². The van der Waals surface area contributed by atoms with Crippen LogP contribution in [0.15, 0.2) is 18.2 Å². The lowest BCUT2D eigenvalue weighted by Crippen LogP contribution is -2.35. The normalized spacial score (nSPS) is 14.2. The molecule has 0 saturated heterocycles. The van der Waals surface area contributed by atoms with Crippen LogP contribution in [0, 0.1) is 11.6 Å². The van der Waals surface area contributed by atoms with E-state index in [1.165, 1.54) is 4.90 Å². The van der Waals surface area contributed by atoms with Crippen LogP contribution < -0.4 is 0 Å². The van der Waals surface area contributed by atoms with Crippen LogP contribution >= 0.6 is 0 Å². The zero-order valence-electron chi connectivity index (χ0n) is 10.1. The van der Waals surface area contributed by atoms with E-state index in [0.29, 0.717) is 6.07 Å². The SMILES string of the molecule is O=C(O)CCN(C(=O)c1ccc(F)cc1F)C1CC1. The first-order valence-corrected chi connectivity index (χ1v) is 5.97. The second-order valence-corrected chi connectivity index (χ2v) is 4.50. The number of carboxylic acid groups (broad SMARTS) is 1. The van der Waals surface area contributed by atoms with Crippen LogP contribution in [0.1, 0.15) is 29.6 Å². The summed E-state index contributed by atoms with van der Waals surface area (Å²) < 4.78 is 26.3. The summed E-state index contributed by atoms with van der Waals surface area (Å²) in [6, 6.07) is 2.72. The Morgan fingerprint density at radius 3 is 2.53 bits per heavy atom. The van der Waals surface area contributed by atoms with Gasteiger partial charge in [0.15, 0.2) is 0 Å². The van der Waals surface area contributed by atoms with Gasteiger partial charge in [-0.1, -0.05) is 0 Å². The first-order valence-electron chi connectivity index (χ1n) is 5.97. The van der Waals surface area contributed by atoms with Gasteiger partial charge >= 0.3 is 5.97 Å². The van der Waals surface area contributed by atoms with Gasteiger partial charge in [-0.15, -0.1) is 0 Å². The monoisotopic (exact) mass is 269 g/mol. The topological polar surface area (TPSA) is 57.6 Å². The first-order chi connectivity index (χ1) is 8.99. The molecule has 6 heteroatoms. The van der Waals surface area contributed by atoms with Gasteiger partial charge in [0.2, 0.25) is 0 Å². The molecular formula is C13H13F2NO3. The fourth-order valence-electron chi connectivity index (χ4n) is 1.87. The second kappa shape index (κ2) is 5.34. The summed E-state index contributed by atoms with van der Waals surface area (Å²) in [7, 11) is 0. The number of rotatable bonds is 5. The van der Waals surface area contributed by atoms with Crippen LogP contribution in [0.4, 0.5) is 8.78 Å². The van der Waals surface area contributed by atoms with E-state index >= 15 is 0 Å². The molecule has 1 aromatic carbocycles. The highest BCUT2D eigenvalue weighted by Gasteiger charge is 2.34. The van der Waals surface area contributed by atoms with Gasteiger partial charge in [0.25, 0.3) is 5.91 Å². The number of nitrogens with zero attached hydrogens (tertiary/aromatic N) is 1. The molecule has 1 saturated carbocycles. The van der Waals surface area contributed by atoms with Gasteiger partial charge in [0, 0.05) is 18.7 Å². The van der Waals surface area contributed by atoms with E-state index in [1.54, 1.807) is 0 Å². The molecule has 1 aliphatic rings. The van der Waals surface area contributed by atoms with Crippen molar-refractivity contribution in [2.24, 2.45) is 0 Å². The van der Waals surface area contributed by atoms with E-state index in [4.69, 9.17) is 5.11 Å². The zero-order chi connectivity index (χ0) is 14.0. The van der Waals surface area contributed by atoms with Crippen LogP contribution in [-0.4, -0.2) is 34.5 Å². The van der Waals surface area contributed by atoms with Crippen molar-refractivity contribution < 1.29 is 23.5 Å². The molecule has 102 valence electrons. The lowest BCUT2D eigenvalue weighted by molar-refractivity contribution is -0.137. The number of aliphatic carboxylic acids is 1. The summed E-state index contributed by atoms with van der Waals surface area (Å²) in [6.07, 6.45) is 1.38. The van der Waals surface area contributed by atoms with Crippen molar-refractivity contribution >= 4 is 11.9 Å². The minimum atomic E-state index is -1.02. The van der Waals surface area contributed by atoms with E-state index in [1.807, 2.05) is 0 Å². The third-order valence-electron chi connectivity index (χ3n) is 2.98. The van der Waals surface area contributed by atoms with Gasteiger partial charge in [-0.2, -0.15) is 0 Å². The number of carbonyl (C=O) groups is 2. The van der Waals surface area contributed by atoms with E-state index in [9.17, 15) is 18.4 Å². The average Bonchev–Trinajstić information content (AvgIpc) is 3.13. The Morgan fingerprint density at radius 2 is 2.00 bits per heavy atom. The summed E-state index contributed by atoms with van der Waals surface area (Å²) >= 11 is 0. The molecule has 1 aliphatic carbocycles. The molecule has 0 aromatic heterocycles. The molecule has 0 spiro atoms. The number of amides is 1. The highest BCUT2D eigenvalue weighted by Crippen LogP contribution is 2.29. The van der Waals surface area contributed by atoms with Gasteiger partial charge in [-0.05, 0) is 25.0 Å².